The van der Waals surface area contributed by atoms with E-state index in [9.17, 15) is 4.57 Å². The molecular weight excluding hydrogens is 459 g/mol. The van der Waals surface area contributed by atoms with Crippen molar-refractivity contribution in [1.82, 2.24) is 0 Å². The van der Waals surface area contributed by atoms with Crippen molar-refractivity contribution < 1.29 is 58.3 Å². The molecule has 5 heteroatoms. The molecule has 73 valence electrons. The van der Waals surface area contributed by atoms with Gasteiger partial charge in [-0.1, -0.05) is 30.3 Å². The van der Waals surface area contributed by atoms with E-state index in [2.05, 4.69) is 21.3 Å². The van der Waals surface area contributed by atoms with Gasteiger partial charge in [0.05, 0.1) is 0 Å². The summed E-state index contributed by atoms with van der Waals surface area (Å²) in [4.78, 5) is 0. The Kier molecular flexibility index (Phi) is 21.0. The minimum Gasteiger partial charge on any atom is -0.314 e. The first-order valence-corrected chi connectivity index (χ1v) is 5.93. The molecule has 0 spiro atoms. The molecule has 0 saturated heterocycles. The van der Waals surface area contributed by atoms with Crippen LogP contribution in [0.25, 0.3) is 0 Å². The van der Waals surface area contributed by atoms with E-state index in [0.29, 0.717) is 0 Å². The Morgan fingerprint density at radius 2 is 1.71 bits per heavy atom. The van der Waals surface area contributed by atoms with E-state index >= 15 is 0 Å². The molecule has 0 bridgehead atoms. The largest absolute Gasteiger partial charge is 0.314 e. The fourth-order valence-corrected chi connectivity index (χ4v) is 0.675. The molecule has 1 aromatic carbocycles. The summed E-state index contributed by atoms with van der Waals surface area (Å²) < 4.78 is 9.76. The Bertz CT molecular complexity index is 285. The maximum atomic E-state index is 9.76. The first kappa shape index (κ1) is 20.6. The van der Waals surface area contributed by atoms with Crippen LogP contribution in [0.2, 0.25) is 0 Å². The smallest absolute Gasteiger partial charge is 0.140 e. The molecule has 2 atom stereocenters. The van der Waals surface area contributed by atoms with Gasteiger partial charge in [0.1, 0.15) is 7.80 Å². The van der Waals surface area contributed by atoms with Gasteiger partial charge in [-0.3, -0.25) is 0 Å². The fourth-order valence-electron chi connectivity index (χ4n) is 0.453. The minimum atomic E-state index is -1.60. The van der Waals surface area contributed by atoms with Gasteiger partial charge in [-0.25, -0.2) is 0 Å². The van der Waals surface area contributed by atoms with Gasteiger partial charge in [0.15, 0.2) is 0 Å². The maximum absolute atomic E-state index is 9.76. The van der Waals surface area contributed by atoms with Gasteiger partial charge in [-0.15, -0.1) is 15.7 Å². The zero-order valence-electron chi connectivity index (χ0n) is 7.94. The van der Waals surface area contributed by atoms with Crippen LogP contribution in [0.4, 0.5) is 0 Å². The van der Waals surface area contributed by atoms with Crippen LogP contribution < -0.4 is 5.30 Å². The molecule has 0 aromatic heterocycles. The monoisotopic (exact) mass is 471 g/mol. The van der Waals surface area contributed by atoms with Gasteiger partial charge < -0.3 is 4.57 Å². The summed E-state index contributed by atoms with van der Waals surface area (Å²) in [6.45, 7) is 1.53. The second-order valence-electron chi connectivity index (χ2n) is 2.11. The van der Waals surface area contributed by atoms with E-state index in [1.54, 1.807) is 0 Å². The molecule has 1 aromatic rings. The standard InChI is InChI=1S/C6H7P.C3H5OP.W.Y/c7-6-4-2-1-3-5-6;1-3-5(2)4;;/h1-5H,7H2;1,5H,2H3;;. The fraction of sp³-hybridized carbons (Fsp3) is 0.111. The van der Waals surface area contributed by atoms with Crippen LogP contribution in [0.15, 0.2) is 30.3 Å². The summed E-state index contributed by atoms with van der Waals surface area (Å²) in [6, 6.07) is 10.1. The van der Waals surface area contributed by atoms with Crippen molar-refractivity contribution in [2.45, 2.75) is 0 Å². The Hall–Kier alpha value is 1.23. The second kappa shape index (κ2) is 14.2. The number of rotatable bonds is 0. The second-order valence-corrected chi connectivity index (χ2v) is 4.18. The van der Waals surface area contributed by atoms with Gasteiger partial charge in [-0.2, -0.15) is 0 Å². The van der Waals surface area contributed by atoms with Gasteiger partial charge in [0.25, 0.3) is 0 Å². The number of hydrogen-bond donors (Lipinski definition) is 0. The van der Waals surface area contributed by atoms with Crippen LogP contribution >= 0.6 is 17.0 Å². The van der Waals surface area contributed by atoms with E-state index in [1.807, 2.05) is 30.3 Å². The molecule has 0 N–H and O–H groups in total. The average Bonchev–Trinajstić information content (AvgIpc) is 2.07. The molecule has 0 heterocycles. The molecule has 0 aliphatic carbocycles. The third kappa shape index (κ3) is 15.7. The number of terminal acetylenes is 1. The molecule has 1 radical (unpaired) electrons. The van der Waals surface area contributed by atoms with Crippen molar-refractivity contribution in [3.63, 3.8) is 0 Å². The quantitative estimate of drug-likeness (QED) is 0.418. The summed E-state index contributed by atoms with van der Waals surface area (Å²) in [5.74, 6) is 0. The molecule has 0 aliphatic rings. The first-order chi connectivity index (χ1) is 5.66. The normalized spacial score (nSPS) is 8.93. The summed E-state index contributed by atoms with van der Waals surface area (Å²) in [5.41, 5.74) is 2.07. The van der Waals surface area contributed by atoms with Crippen molar-refractivity contribution in [2.75, 3.05) is 6.66 Å². The number of hydrogen-bond acceptors (Lipinski definition) is 1. The van der Waals surface area contributed by atoms with E-state index in [1.165, 1.54) is 12.0 Å². The van der Waals surface area contributed by atoms with Crippen LogP contribution in [0, 0.1) is 12.1 Å². The van der Waals surface area contributed by atoms with E-state index in [0.717, 1.165) is 0 Å². The van der Waals surface area contributed by atoms with E-state index in [4.69, 9.17) is 0 Å². The molecule has 14 heavy (non-hydrogen) atoms. The van der Waals surface area contributed by atoms with Crippen molar-refractivity contribution in [3.05, 3.63) is 30.3 Å². The zero-order chi connectivity index (χ0) is 9.40. The molecular formula is C9H12OP2WY. The molecule has 0 aliphatic heterocycles. The van der Waals surface area contributed by atoms with Crippen molar-refractivity contribution >= 4 is 22.3 Å². The minimum absolute atomic E-state index is 0. The van der Waals surface area contributed by atoms with Crippen LogP contribution in [-0.4, -0.2) is 6.66 Å². The Morgan fingerprint density at radius 1 is 1.36 bits per heavy atom. The zero-order valence-corrected chi connectivity index (χ0v) is 15.9. The topological polar surface area (TPSA) is 17.1 Å². The van der Waals surface area contributed by atoms with Gasteiger partial charge in [0, 0.05) is 53.8 Å². The Morgan fingerprint density at radius 3 is 1.86 bits per heavy atom. The summed E-state index contributed by atoms with van der Waals surface area (Å²) in [5, 5.41) is 1.24. The van der Waals surface area contributed by atoms with Gasteiger partial charge in [-0.05, 0) is 17.6 Å². The maximum Gasteiger partial charge on any atom is 0.140 e. The summed E-state index contributed by atoms with van der Waals surface area (Å²) >= 11 is 0. The van der Waals surface area contributed by atoms with Crippen molar-refractivity contribution in [1.29, 1.82) is 0 Å². The molecule has 1 rings (SSSR count). The summed E-state index contributed by atoms with van der Waals surface area (Å²) in [6.07, 6.45) is 4.65. The average molecular weight is 471 g/mol. The Labute approximate surface area is 128 Å². The molecule has 0 saturated carbocycles. The number of benzene rings is 1. The van der Waals surface area contributed by atoms with Crippen molar-refractivity contribution in [3.8, 4) is 12.1 Å². The van der Waals surface area contributed by atoms with Crippen LogP contribution in [0.5, 0.6) is 0 Å². The Balaban J connectivity index is -0.000000159. The third-order valence-electron chi connectivity index (χ3n) is 1.00. The molecule has 0 amide bonds. The van der Waals surface area contributed by atoms with Crippen LogP contribution in [-0.2, 0) is 58.3 Å². The third-order valence-corrected chi connectivity index (χ3v) is 1.79. The molecule has 0 fully saturated rings. The SMILES string of the molecule is C#C[PH](C)=O.Pc1ccccc1.[W].[Y]. The molecule has 1 nitrogen and oxygen atoms in total. The van der Waals surface area contributed by atoms with E-state index < -0.39 is 7.80 Å². The predicted molar refractivity (Wildman–Crippen MR) is 59.5 cm³/mol. The van der Waals surface area contributed by atoms with E-state index in [-0.39, 0.29) is 53.8 Å². The van der Waals surface area contributed by atoms with Crippen LogP contribution in [0.3, 0.4) is 0 Å². The summed E-state index contributed by atoms with van der Waals surface area (Å²) in [7, 11) is 1.03. The van der Waals surface area contributed by atoms with Crippen LogP contribution in [0.1, 0.15) is 0 Å². The molecule has 2 unspecified atom stereocenters. The predicted octanol–water partition coefficient (Wildman–Crippen LogP) is 1.95. The first-order valence-electron chi connectivity index (χ1n) is 3.44. The van der Waals surface area contributed by atoms with Crippen molar-refractivity contribution in [2.24, 2.45) is 0 Å². The van der Waals surface area contributed by atoms with Gasteiger partial charge in [0.2, 0.25) is 0 Å². The van der Waals surface area contributed by atoms with Gasteiger partial charge >= 0.3 is 0 Å².